The van der Waals surface area contributed by atoms with Crippen molar-refractivity contribution in [3.8, 4) is 0 Å². The fourth-order valence-corrected chi connectivity index (χ4v) is 1.27. The molecule has 1 aliphatic rings. The molecule has 0 aliphatic carbocycles. The maximum Gasteiger partial charge on any atom is 0.151 e. The van der Waals surface area contributed by atoms with Crippen molar-refractivity contribution in [1.29, 1.82) is 0 Å². The molecule has 0 bridgehead atoms. The predicted molar refractivity (Wildman–Crippen MR) is 67.8 cm³/mol. The molecule has 0 aromatic heterocycles. The molecule has 1 saturated heterocycles. The van der Waals surface area contributed by atoms with E-state index in [1.54, 1.807) is 0 Å². The Hall–Kier alpha value is -0.160. The van der Waals surface area contributed by atoms with Crippen LogP contribution in [0.15, 0.2) is 0 Å². The van der Waals surface area contributed by atoms with Crippen molar-refractivity contribution in [1.82, 2.24) is 0 Å². The molecule has 0 radical (unpaired) electrons. The first-order valence-electron chi connectivity index (χ1n) is 6.76. The van der Waals surface area contributed by atoms with Crippen molar-refractivity contribution < 1.29 is 19.7 Å². The molecule has 4 nitrogen and oxygen atoms in total. The molecule has 0 aromatic rings. The standard InChI is InChI=1S/C9H18O2.C4H10O2/c1-2-3-4-5-6-10-7-9-8-11-9;1-2-3-4(5)6/h9H,2-8H2,1H3;4-6H,2-3H2,1H3. The lowest BCUT2D eigenvalue weighted by molar-refractivity contribution is -0.0453. The Kier molecular flexibility index (Phi) is 12.2. The van der Waals surface area contributed by atoms with Crippen molar-refractivity contribution >= 4 is 0 Å². The molecule has 2 N–H and O–H groups in total. The first kappa shape index (κ1) is 16.8. The minimum Gasteiger partial charge on any atom is -0.379 e. The van der Waals surface area contributed by atoms with Gasteiger partial charge in [0, 0.05) is 6.61 Å². The maximum absolute atomic E-state index is 8.11. The van der Waals surface area contributed by atoms with E-state index in [0.29, 0.717) is 12.5 Å². The third kappa shape index (κ3) is 15.8. The van der Waals surface area contributed by atoms with Gasteiger partial charge >= 0.3 is 0 Å². The smallest absolute Gasteiger partial charge is 0.151 e. The Balaban J connectivity index is 0.000000366. The maximum atomic E-state index is 8.11. The van der Waals surface area contributed by atoms with Gasteiger partial charge in [-0.3, -0.25) is 0 Å². The number of hydrogen-bond acceptors (Lipinski definition) is 4. The molecule has 1 heterocycles. The van der Waals surface area contributed by atoms with E-state index >= 15 is 0 Å². The Morgan fingerprint density at radius 2 is 1.88 bits per heavy atom. The van der Waals surface area contributed by atoms with E-state index in [1.165, 1.54) is 25.7 Å². The molecule has 4 heteroatoms. The summed E-state index contributed by atoms with van der Waals surface area (Å²) in [7, 11) is 0. The molecule has 1 fully saturated rings. The summed E-state index contributed by atoms with van der Waals surface area (Å²) < 4.78 is 10.4. The molecular formula is C13H28O4. The normalized spacial score (nSPS) is 17.8. The molecule has 17 heavy (non-hydrogen) atoms. The highest BCUT2D eigenvalue weighted by atomic mass is 16.6. The average Bonchev–Trinajstić information content (AvgIpc) is 3.08. The van der Waals surface area contributed by atoms with E-state index in [0.717, 1.165) is 26.2 Å². The van der Waals surface area contributed by atoms with Gasteiger partial charge in [-0.25, -0.2) is 0 Å². The van der Waals surface area contributed by atoms with Crippen LogP contribution in [0.1, 0.15) is 52.4 Å². The van der Waals surface area contributed by atoms with Crippen LogP contribution in [0.5, 0.6) is 0 Å². The SMILES string of the molecule is CCCC(O)O.CCCCCCOCC1CO1. The van der Waals surface area contributed by atoms with Gasteiger partial charge in [-0.05, 0) is 12.8 Å². The summed E-state index contributed by atoms with van der Waals surface area (Å²) in [5.74, 6) is 0. The molecular weight excluding hydrogens is 220 g/mol. The van der Waals surface area contributed by atoms with Crippen molar-refractivity contribution in [3.05, 3.63) is 0 Å². The topological polar surface area (TPSA) is 62.2 Å². The molecule has 0 amide bonds. The molecule has 104 valence electrons. The zero-order chi connectivity index (χ0) is 12.9. The molecule has 1 rings (SSSR count). The second kappa shape index (κ2) is 12.3. The summed E-state index contributed by atoms with van der Waals surface area (Å²) in [6.07, 6.45) is 5.80. The molecule has 0 spiro atoms. The third-order valence-electron chi connectivity index (χ3n) is 2.40. The Bertz CT molecular complexity index is 146. The van der Waals surface area contributed by atoms with Crippen LogP contribution in [0.4, 0.5) is 0 Å². The van der Waals surface area contributed by atoms with Crippen LogP contribution in [0.3, 0.4) is 0 Å². The number of epoxide rings is 1. The van der Waals surface area contributed by atoms with Gasteiger partial charge in [0.05, 0.1) is 13.2 Å². The Morgan fingerprint density at radius 1 is 1.18 bits per heavy atom. The predicted octanol–water partition coefficient (Wildman–Crippen LogP) is 2.08. The van der Waals surface area contributed by atoms with E-state index in [-0.39, 0.29) is 0 Å². The summed E-state index contributed by atoms with van der Waals surface area (Å²) in [5, 5.41) is 16.2. The fourth-order valence-electron chi connectivity index (χ4n) is 1.27. The monoisotopic (exact) mass is 248 g/mol. The lowest BCUT2D eigenvalue weighted by Gasteiger charge is -2.00. The van der Waals surface area contributed by atoms with Crippen LogP contribution in [-0.2, 0) is 9.47 Å². The van der Waals surface area contributed by atoms with E-state index in [9.17, 15) is 0 Å². The second-order valence-corrected chi connectivity index (χ2v) is 4.36. The summed E-state index contributed by atoms with van der Waals surface area (Å²) in [6, 6.07) is 0. The van der Waals surface area contributed by atoms with Crippen molar-refractivity contribution in [2.75, 3.05) is 19.8 Å². The molecule has 1 atom stereocenters. The van der Waals surface area contributed by atoms with Gasteiger partial charge in [0.25, 0.3) is 0 Å². The number of aliphatic hydroxyl groups is 2. The highest BCUT2D eigenvalue weighted by Crippen LogP contribution is 2.09. The van der Waals surface area contributed by atoms with E-state index < -0.39 is 6.29 Å². The molecule has 1 aliphatic heterocycles. The minimum absolute atomic E-state index is 0.432. The van der Waals surface area contributed by atoms with E-state index in [1.807, 2.05) is 6.92 Å². The summed E-state index contributed by atoms with van der Waals surface area (Å²) >= 11 is 0. The van der Waals surface area contributed by atoms with Crippen LogP contribution in [-0.4, -0.2) is 42.4 Å². The highest BCUT2D eigenvalue weighted by Gasteiger charge is 2.21. The van der Waals surface area contributed by atoms with Crippen molar-refractivity contribution in [3.63, 3.8) is 0 Å². The zero-order valence-corrected chi connectivity index (χ0v) is 11.2. The number of ether oxygens (including phenoxy) is 2. The first-order valence-corrected chi connectivity index (χ1v) is 6.76. The Labute approximate surface area is 105 Å². The van der Waals surface area contributed by atoms with E-state index in [2.05, 4.69) is 6.92 Å². The summed E-state index contributed by atoms with van der Waals surface area (Å²) in [4.78, 5) is 0. The average molecular weight is 248 g/mol. The highest BCUT2D eigenvalue weighted by molar-refractivity contribution is 4.66. The van der Waals surface area contributed by atoms with Crippen LogP contribution in [0.2, 0.25) is 0 Å². The molecule has 1 unspecified atom stereocenters. The quantitative estimate of drug-likeness (QED) is 0.372. The number of aliphatic hydroxyl groups excluding tert-OH is 1. The second-order valence-electron chi connectivity index (χ2n) is 4.36. The van der Waals surface area contributed by atoms with Gasteiger partial charge in [-0.2, -0.15) is 0 Å². The number of unbranched alkanes of at least 4 members (excludes halogenated alkanes) is 3. The van der Waals surface area contributed by atoms with Gasteiger partial charge in [-0.1, -0.05) is 39.5 Å². The number of hydrogen-bond donors (Lipinski definition) is 2. The van der Waals surface area contributed by atoms with Gasteiger partial charge in [0.2, 0.25) is 0 Å². The molecule has 0 aromatic carbocycles. The third-order valence-corrected chi connectivity index (χ3v) is 2.40. The van der Waals surface area contributed by atoms with Gasteiger partial charge < -0.3 is 19.7 Å². The van der Waals surface area contributed by atoms with Crippen LogP contribution in [0.25, 0.3) is 0 Å². The number of rotatable bonds is 9. The van der Waals surface area contributed by atoms with Gasteiger partial charge in [0.1, 0.15) is 6.10 Å². The fraction of sp³-hybridized carbons (Fsp3) is 1.00. The summed E-state index contributed by atoms with van der Waals surface area (Å²) in [5.41, 5.74) is 0. The van der Waals surface area contributed by atoms with E-state index in [4.69, 9.17) is 19.7 Å². The zero-order valence-electron chi connectivity index (χ0n) is 11.2. The lowest BCUT2D eigenvalue weighted by Crippen LogP contribution is -2.02. The minimum atomic E-state index is -1.10. The van der Waals surface area contributed by atoms with Gasteiger partial charge in [-0.15, -0.1) is 0 Å². The summed E-state index contributed by atoms with van der Waals surface area (Å²) in [6.45, 7) is 6.76. The Morgan fingerprint density at radius 3 is 2.29 bits per heavy atom. The lowest BCUT2D eigenvalue weighted by atomic mass is 10.2. The first-order chi connectivity index (χ1) is 8.20. The van der Waals surface area contributed by atoms with Crippen molar-refractivity contribution in [2.45, 2.75) is 64.8 Å². The van der Waals surface area contributed by atoms with Crippen LogP contribution < -0.4 is 0 Å². The largest absolute Gasteiger partial charge is 0.379 e. The van der Waals surface area contributed by atoms with Crippen molar-refractivity contribution in [2.24, 2.45) is 0 Å². The molecule has 0 saturated carbocycles. The van der Waals surface area contributed by atoms with Crippen LogP contribution >= 0.6 is 0 Å². The van der Waals surface area contributed by atoms with Gasteiger partial charge in [0.15, 0.2) is 6.29 Å². The van der Waals surface area contributed by atoms with Crippen LogP contribution in [0, 0.1) is 0 Å².